The summed E-state index contributed by atoms with van der Waals surface area (Å²) in [6.07, 6.45) is 0. The maximum atomic E-state index is 12.5. The predicted octanol–water partition coefficient (Wildman–Crippen LogP) is 4.29. The first-order valence-electron chi connectivity index (χ1n) is 5.76. The molecule has 0 atom stereocenters. The van der Waals surface area contributed by atoms with Crippen LogP contribution in [0.3, 0.4) is 0 Å². The van der Waals surface area contributed by atoms with Gasteiger partial charge in [0.2, 0.25) is 10.0 Å². The standard InChI is InChI=1S/C13H13BrClNO2S2/c1-9-5-6-19-12(9)8-16(2)20(17,18)13-4-3-10(14)7-11(13)15/h3-7H,8H2,1-2H3. The van der Waals surface area contributed by atoms with Gasteiger partial charge in [0.25, 0.3) is 0 Å². The fraction of sp³-hybridized carbons (Fsp3) is 0.231. The van der Waals surface area contributed by atoms with E-state index in [1.165, 1.54) is 10.4 Å². The Morgan fingerprint density at radius 2 is 2.05 bits per heavy atom. The Bertz CT molecular complexity index is 728. The molecule has 3 nitrogen and oxygen atoms in total. The highest BCUT2D eigenvalue weighted by Gasteiger charge is 2.24. The van der Waals surface area contributed by atoms with E-state index in [9.17, 15) is 8.42 Å². The number of hydrogen-bond acceptors (Lipinski definition) is 3. The summed E-state index contributed by atoms with van der Waals surface area (Å²) in [4.78, 5) is 1.16. The molecule has 1 heterocycles. The second-order valence-corrected chi connectivity index (χ2v) is 8.70. The van der Waals surface area contributed by atoms with Gasteiger partial charge in [-0.1, -0.05) is 27.5 Å². The first kappa shape index (κ1) is 16.0. The Hall–Kier alpha value is -0.400. The van der Waals surface area contributed by atoms with Gasteiger partial charge in [0.15, 0.2) is 0 Å². The van der Waals surface area contributed by atoms with Crippen LogP contribution in [-0.4, -0.2) is 19.8 Å². The minimum atomic E-state index is -3.59. The third-order valence-corrected chi connectivity index (χ3v) is 6.70. The van der Waals surface area contributed by atoms with E-state index in [4.69, 9.17) is 11.6 Å². The van der Waals surface area contributed by atoms with E-state index in [1.807, 2.05) is 18.4 Å². The number of aryl methyl sites for hydroxylation is 1. The largest absolute Gasteiger partial charge is 0.244 e. The molecule has 20 heavy (non-hydrogen) atoms. The topological polar surface area (TPSA) is 37.4 Å². The minimum Gasteiger partial charge on any atom is -0.207 e. The van der Waals surface area contributed by atoms with Crippen molar-refractivity contribution in [1.29, 1.82) is 0 Å². The molecule has 0 fully saturated rings. The molecule has 1 aromatic heterocycles. The molecule has 0 saturated heterocycles. The van der Waals surface area contributed by atoms with Gasteiger partial charge in [0.1, 0.15) is 4.90 Å². The number of rotatable bonds is 4. The first-order chi connectivity index (χ1) is 9.32. The Kier molecular flexibility index (Phi) is 4.92. The lowest BCUT2D eigenvalue weighted by Gasteiger charge is -2.18. The minimum absolute atomic E-state index is 0.124. The number of sulfonamides is 1. The van der Waals surface area contributed by atoms with Gasteiger partial charge in [-0.3, -0.25) is 0 Å². The van der Waals surface area contributed by atoms with E-state index in [-0.39, 0.29) is 9.92 Å². The zero-order valence-corrected chi connectivity index (χ0v) is 14.9. The Morgan fingerprint density at radius 1 is 1.35 bits per heavy atom. The van der Waals surface area contributed by atoms with Crippen LogP contribution in [0.25, 0.3) is 0 Å². The number of nitrogens with zero attached hydrogens (tertiary/aromatic N) is 1. The van der Waals surface area contributed by atoms with Gasteiger partial charge in [0.05, 0.1) is 5.02 Å². The van der Waals surface area contributed by atoms with Crippen molar-refractivity contribution in [3.8, 4) is 0 Å². The average molecular weight is 395 g/mol. The second kappa shape index (κ2) is 6.15. The van der Waals surface area contributed by atoms with Crippen LogP contribution in [0, 0.1) is 6.92 Å². The molecule has 0 saturated carbocycles. The van der Waals surface area contributed by atoms with Gasteiger partial charge in [-0.15, -0.1) is 11.3 Å². The third kappa shape index (κ3) is 3.26. The number of thiophene rings is 1. The Morgan fingerprint density at radius 3 is 2.60 bits per heavy atom. The zero-order valence-electron chi connectivity index (χ0n) is 10.9. The summed E-state index contributed by atoms with van der Waals surface area (Å²) in [7, 11) is -2.03. The van der Waals surface area contributed by atoms with Gasteiger partial charge in [0, 0.05) is 22.9 Å². The van der Waals surface area contributed by atoms with Gasteiger partial charge < -0.3 is 0 Å². The lowest BCUT2D eigenvalue weighted by Crippen LogP contribution is -2.26. The van der Waals surface area contributed by atoms with Crippen LogP contribution < -0.4 is 0 Å². The van der Waals surface area contributed by atoms with Crippen LogP contribution >= 0.6 is 38.9 Å². The molecule has 0 aliphatic rings. The van der Waals surface area contributed by atoms with Crippen molar-refractivity contribution in [2.24, 2.45) is 0 Å². The van der Waals surface area contributed by atoms with E-state index in [0.717, 1.165) is 14.9 Å². The summed E-state index contributed by atoms with van der Waals surface area (Å²) in [5, 5.41) is 2.17. The third-order valence-electron chi connectivity index (χ3n) is 2.92. The summed E-state index contributed by atoms with van der Waals surface area (Å²) < 4.78 is 27.1. The highest BCUT2D eigenvalue weighted by Crippen LogP contribution is 2.28. The molecule has 0 bridgehead atoms. The van der Waals surface area contributed by atoms with Crippen molar-refractivity contribution in [3.63, 3.8) is 0 Å². The van der Waals surface area contributed by atoms with E-state index in [1.54, 1.807) is 30.5 Å². The number of hydrogen-bond donors (Lipinski definition) is 0. The fourth-order valence-electron chi connectivity index (χ4n) is 1.71. The second-order valence-electron chi connectivity index (χ2n) is 4.36. The van der Waals surface area contributed by atoms with Crippen molar-refractivity contribution in [2.75, 3.05) is 7.05 Å². The van der Waals surface area contributed by atoms with Gasteiger partial charge in [-0.2, -0.15) is 4.31 Å². The lowest BCUT2D eigenvalue weighted by atomic mass is 10.3. The maximum Gasteiger partial charge on any atom is 0.244 e. The van der Waals surface area contributed by atoms with E-state index >= 15 is 0 Å². The number of benzene rings is 1. The quantitative estimate of drug-likeness (QED) is 0.775. The van der Waals surface area contributed by atoms with Crippen LogP contribution in [0.15, 0.2) is 39.0 Å². The molecule has 7 heteroatoms. The maximum absolute atomic E-state index is 12.5. The highest BCUT2D eigenvalue weighted by atomic mass is 79.9. The van der Waals surface area contributed by atoms with Crippen LogP contribution in [0.4, 0.5) is 0 Å². The van der Waals surface area contributed by atoms with Gasteiger partial charge in [-0.05, 0) is 42.1 Å². The first-order valence-corrected chi connectivity index (χ1v) is 9.26. The van der Waals surface area contributed by atoms with Crippen LogP contribution in [0.5, 0.6) is 0 Å². The molecular weight excluding hydrogens is 382 g/mol. The monoisotopic (exact) mass is 393 g/mol. The molecular formula is C13H13BrClNO2S2. The van der Waals surface area contributed by atoms with Crippen molar-refractivity contribution < 1.29 is 8.42 Å². The molecule has 0 aliphatic carbocycles. The van der Waals surface area contributed by atoms with E-state index < -0.39 is 10.0 Å². The molecule has 0 radical (unpaired) electrons. The Balaban J connectivity index is 2.32. The van der Waals surface area contributed by atoms with Gasteiger partial charge >= 0.3 is 0 Å². The molecule has 0 N–H and O–H groups in total. The van der Waals surface area contributed by atoms with Crippen LogP contribution in [0.1, 0.15) is 10.4 Å². The highest BCUT2D eigenvalue weighted by molar-refractivity contribution is 9.10. The summed E-state index contributed by atoms with van der Waals surface area (Å²) in [6.45, 7) is 2.32. The molecule has 0 amide bonds. The fourth-order valence-corrected chi connectivity index (χ4v) is 4.89. The van der Waals surface area contributed by atoms with Crippen molar-refractivity contribution in [2.45, 2.75) is 18.4 Å². The average Bonchev–Trinajstić information content (AvgIpc) is 2.74. The number of halogens is 2. The molecule has 2 rings (SSSR count). The zero-order chi connectivity index (χ0) is 14.9. The normalized spacial score (nSPS) is 12.1. The summed E-state index contributed by atoms with van der Waals surface area (Å²) in [5.74, 6) is 0. The predicted molar refractivity (Wildman–Crippen MR) is 86.9 cm³/mol. The molecule has 0 aliphatic heterocycles. The lowest BCUT2D eigenvalue weighted by molar-refractivity contribution is 0.469. The molecule has 1 aromatic carbocycles. The van der Waals surface area contributed by atoms with Crippen LogP contribution in [0.2, 0.25) is 5.02 Å². The summed E-state index contributed by atoms with van der Waals surface area (Å²) in [5.41, 5.74) is 1.10. The Labute approximate surface area is 136 Å². The smallest absolute Gasteiger partial charge is 0.207 e. The molecule has 0 spiro atoms. The summed E-state index contributed by atoms with van der Waals surface area (Å²) >= 11 is 10.9. The van der Waals surface area contributed by atoms with Crippen LogP contribution in [-0.2, 0) is 16.6 Å². The van der Waals surface area contributed by atoms with Crippen molar-refractivity contribution >= 4 is 48.9 Å². The summed E-state index contributed by atoms with van der Waals surface area (Å²) in [6, 6.07) is 6.74. The van der Waals surface area contributed by atoms with Crippen molar-refractivity contribution in [1.82, 2.24) is 4.31 Å². The van der Waals surface area contributed by atoms with E-state index in [0.29, 0.717) is 6.54 Å². The van der Waals surface area contributed by atoms with E-state index in [2.05, 4.69) is 15.9 Å². The molecule has 108 valence electrons. The van der Waals surface area contributed by atoms with Crippen molar-refractivity contribution in [3.05, 3.63) is 49.6 Å². The molecule has 2 aromatic rings. The SMILES string of the molecule is Cc1ccsc1CN(C)S(=O)(=O)c1ccc(Br)cc1Cl. The van der Waals surface area contributed by atoms with Gasteiger partial charge in [-0.25, -0.2) is 8.42 Å². The molecule has 0 unspecified atom stereocenters.